The van der Waals surface area contributed by atoms with Crippen molar-refractivity contribution in [3.63, 3.8) is 0 Å². The zero-order valence-electron chi connectivity index (χ0n) is 12.5. The van der Waals surface area contributed by atoms with Crippen LogP contribution in [-0.2, 0) is 4.79 Å². The second-order valence-electron chi connectivity index (χ2n) is 5.87. The van der Waals surface area contributed by atoms with Crippen molar-refractivity contribution in [3.8, 4) is 0 Å². The number of carbonyl (C=O) groups is 1. The quantitative estimate of drug-likeness (QED) is 0.808. The Hall–Kier alpha value is -1.59. The van der Waals surface area contributed by atoms with Gasteiger partial charge < -0.3 is 16.0 Å². The van der Waals surface area contributed by atoms with Crippen LogP contribution in [0.25, 0.3) is 0 Å². The van der Waals surface area contributed by atoms with Gasteiger partial charge in [0.2, 0.25) is 5.91 Å². The van der Waals surface area contributed by atoms with Crippen molar-refractivity contribution in [2.45, 2.75) is 13.0 Å². The molecule has 2 rings (SSSR count). The van der Waals surface area contributed by atoms with Crippen molar-refractivity contribution in [2.24, 2.45) is 5.92 Å². The van der Waals surface area contributed by atoms with Crippen molar-refractivity contribution >= 4 is 17.3 Å². The average Bonchev–Trinajstić information content (AvgIpc) is 2.73. The number of nitrogens with one attached hydrogen (secondary N) is 1. The summed E-state index contributed by atoms with van der Waals surface area (Å²) in [5, 5.41) is 2.91. The molecule has 5 nitrogen and oxygen atoms in total. The molecule has 1 aliphatic rings. The number of amides is 1. The van der Waals surface area contributed by atoms with E-state index in [1.54, 1.807) is 12.1 Å². The first-order chi connectivity index (χ1) is 9.45. The van der Waals surface area contributed by atoms with Gasteiger partial charge in [0.15, 0.2) is 0 Å². The van der Waals surface area contributed by atoms with E-state index < -0.39 is 0 Å². The van der Waals surface area contributed by atoms with Gasteiger partial charge in [0.05, 0.1) is 6.54 Å². The first-order valence-electron chi connectivity index (χ1n) is 7.00. The SMILES string of the molecule is CC1CN(CC(=O)Nc2ccc(N)cc2)CC1N(C)C. The maximum atomic E-state index is 12.0. The minimum atomic E-state index is 0.0291. The maximum Gasteiger partial charge on any atom is 0.238 e. The minimum absolute atomic E-state index is 0.0291. The van der Waals surface area contributed by atoms with Crippen LogP contribution in [0, 0.1) is 5.92 Å². The summed E-state index contributed by atoms with van der Waals surface area (Å²) >= 11 is 0. The Morgan fingerprint density at radius 1 is 1.35 bits per heavy atom. The van der Waals surface area contributed by atoms with E-state index in [4.69, 9.17) is 5.73 Å². The third-order valence-electron chi connectivity index (χ3n) is 3.87. The highest BCUT2D eigenvalue weighted by Crippen LogP contribution is 2.19. The summed E-state index contributed by atoms with van der Waals surface area (Å²) in [6.45, 7) is 4.60. The van der Waals surface area contributed by atoms with Crippen molar-refractivity contribution in [2.75, 3.05) is 44.8 Å². The highest BCUT2D eigenvalue weighted by Gasteiger charge is 2.31. The summed E-state index contributed by atoms with van der Waals surface area (Å²) in [6, 6.07) is 7.75. The predicted molar refractivity (Wildman–Crippen MR) is 82.6 cm³/mol. The Morgan fingerprint density at radius 3 is 2.55 bits per heavy atom. The second-order valence-corrected chi connectivity index (χ2v) is 5.87. The first-order valence-corrected chi connectivity index (χ1v) is 7.00. The number of rotatable bonds is 4. The number of likely N-dealkylation sites (tertiary alicyclic amines) is 1. The normalized spacial score (nSPS) is 23.2. The average molecular weight is 276 g/mol. The van der Waals surface area contributed by atoms with Crippen molar-refractivity contribution < 1.29 is 4.79 Å². The Kier molecular flexibility index (Phi) is 4.62. The number of hydrogen-bond acceptors (Lipinski definition) is 4. The van der Waals surface area contributed by atoms with E-state index in [-0.39, 0.29) is 5.91 Å². The Bertz CT molecular complexity index is 457. The fourth-order valence-electron chi connectivity index (χ4n) is 2.82. The van der Waals surface area contributed by atoms with Gasteiger partial charge in [-0.25, -0.2) is 0 Å². The summed E-state index contributed by atoms with van der Waals surface area (Å²) in [7, 11) is 4.19. The molecule has 2 atom stereocenters. The molecule has 0 aromatic heterocycles. The summed E-state index contributed by atoms with van der Waals surface area (Å²) in [5.41, 5.74) is 7.11. The van der Waals surface area contributed by atoms with E-state index in [0.717, 1.165) is 18.8 Å². The maximum absolute atomic E-state index is 12.0. The molecule has 20 heavy (non-hydrogen) atoms. The van der Waals surface area contributed by atoms with Crippen LogP contribution in [0.2, 0.25) is 0 Å². The molecule has 0 bridgehead atoms. The summed E-state index contributed by atoms with van der Waals surface area (Å²) < 4.78 is 0. The van der Waals surface area contributed by atoms with Gasteiger partial charge in [0.1, 0.15) is 0 Å². The Morgan fingerprint density at radius 2 is 2.00 bits per heavy atom. The van der Waals surface area contributed by atoms with E-state index >= 15 is 0 Å². The molecule has 1 saturated heterocycles. The Labute approximate surface area is 120 Å². The standard InChI is InChI=1S/C15H24N4O/c1-11-8-19(9-14(11)18(2)3)10-15(20)17-13-6-4-12(16)5-7-13/h4-7,11,14H,8-10,16H2,1-3H3,(H,17,20). The molecule has 1 aromatic carbocycles. The van der Waals surface area contributed by atoms with Crippen molar-refractivity contribution in [3.05, 3.63) is 24.3 Å². The zero-order chi connectivity index (χ0) is 14.7. The highest BCUT2D eigenvalue weighted by atomic mass is 16.2. The third kappa shape index (κ3) is 3.71. The van der Waals surface area contributed by atoms with Crippen LogP contribution < -0.4 is 11.1 Å². The molecule has 1 aromatic rings. The van der Waals surface area contributed by atoms with Crippen molar-refractivity contribution in [1.82, 2.24) is 9.80 Å². The lowest BCUT2D eigenvalue weighted by atomic mass is 10.1. The molecular formula is C15H24N4O. The molecule has 0 aliphatic carbocycles. The fourth-order valence-corrected chi connectivity index (χ4v) is 2.82. The number of nitrogens with zero attached hydrogens (tertiary/aromatic N) is 2. The molecule has 1 fully saturated rings. The molecule has 0 spiro atoms. The number of nitrogen functional groups attached to an aromatic ring is 1. The number of likely N-dealkylation sites (N-methyl/N-ethyl adjacent to an activating group) is 1. The van der Waals surface area contributed by atoms with Crippen LogP contribution in [0.1, 0.15) is 6.92 Å². The van der Waals surface area contributed by atoms with Gasteiger partial charge in [-0.05, 0) is 44.3 Å². The molecule has 1 heterocycles. The lowest BCUT2D eigenvalue weighted by Gasteiger charge is -2.22. The largest absolute Gasteiger partial charge is 0.399 e. The molecule has 2 unspecified atom stereocenters. The van der Waals surface area contributed by atoms with Crippen LogP contribution in [0.15, 0.2) is 24.3 Å². The second kappa shape index (κ2) is 6.24. The zero-order valence-corrected chi connectivity index (χ0v) is 12.5. The Balaban J connectivity index is 1.85. The van der Waals surface area contributed by atoms with Crippen LogP contribution in [0.3, 0.4) is 0 Å². The van der Waals surface area contributed by atoms with Gasteiger partial charge in [-0.1, -0.05) is 6.92 Å². The highest BCUT2D eigenvalue weighted by molar-refractivity contribution is 5.92. The van der Waals surface area contributed by atoms with E-state index in [2.05, 4.69) is 36.1 Å². The predicted octanol–water partition coefficient (Wildman–Crippen LogP) is 1.09. The first kappa shape index (κ1) is 14.8. The fraction of sp³-hybridized carbons (Fsp3) is 0.533. The monoisotopic (exact) mass is 276 g/mol. The number of benzene rings is 1. The minimum Gasteiger partial charge on any atom is -0.399 e. The number of hydrogen-bond donors (Lipinski definition) is 2. The number of nitrogens with two attached hydrogens (primary N) is 1. The van der Waals surface area contributed by atoms with Crippen LogP contribution >= 0.6 is 0 Å². The van der Waals surface area contributed by atoms with Gasteiger partial charge in [0.25, 0.3) is 0 Å². The van der Waals surface area contributed by atoms with Crippen LogP contribution in [-0.4, -0.2) is 55.5 Å². The topological polar surface area (TPSA) is 61.6 Å². The van der Waals surface area contributed by atoms with E-state index in [1.165, 1.54) is 0 Å². The molecule has 0 radical (unpaired) electrons. The number of carbonyl (C=O) groups excluding carboxylic acids is 1. The molecule has 0 saturated carbocycles. The molecule has 1 aliphatic heterocycles. The summed E-state index contributed by atoms with van der Waals surface area (Å²) in [5.74, 6) is 0.621. The molecule has 110 valence electrons. The summed E-state index contributed by atoms with van der Waals surface area (Å²) in [4.78, 5) is 16.5. The lowest BCUT2D eigenvalue weighted by molar-refractivity contribution is -0.117. The molecule has 1 amide bonds. The third-order valence-corrected chi connectivity index (χ3v) is 3.87. The van der Waals surface area contributed by atoms with E-state index in [0.29, 0.717) is 24.2 Å². The smallest absolute Gasteiger partial charge is 0.238 e. The van der Waals surface area contributed by atoms with Crippen LogP contribution in [0.4, 0.5) is 11.4 Å². The van der Waals surface area contributed by atoms with Crippen LogP contribution in [0.5, 0.6) is 0 Å². The van der Waals surface area contributed by atoms with Gasteiger partial charge in [-0.3, -0.25) is 9.69 Å². The van der Waals surface area contributed by atoms with Gasteiger partial charge in [-0.15, -0.1) is 0 Å². The van der Waals surface area contributed by atoms with E-state index in [9.17, 15) is 4.79 Å². The molecule has 3 N–H and O–H groups in total. The van der Waals surface area contributed by atoms with E-state index in [1.807, 2.05) is 12.1 Å². The lowest BCUT2D eigenvalue weighted by Crippen LogP contribution is -2.36. The summed E-state index contributed by atoms with van der Waals surface area (Å²) in [6.07, 6.45) is 0. The molecule has 5 heteroatoms. The van der Waals surface area contributed by atoms with Gasteiger partial charge >= 0.3 is 0 Å². The number of anilines is 2. The molecular weight excluding hydrogens is 252 g/mol. The van der Waals surface area contributed by atoms with Crippen molar-refractivity contribution in [1.29, 1.82) is 0 Å². The van der Waals surface area contributed by atoms with Gasteiger partial charge in [-0.2, -0.15) is 0 Å². The van der Waals surface area contributed by atoms with Gasteiger partial charge in [0, 0.05) is 30.5 Å².